The summed E-state index contributed by atoms with van der Waals surface area (Å²) in [5.74, 6) is 0.797. The molecule has 0 saturated heterocycles. The topological polar surface area (TPSA) is 35.2 Å². The van der Waals surface area contributed by atoms with Gasteiger partial charge in [-0.2, -0.15) is 0 Å². The average Bonchev–Trinajstić information content (AvgIpc) is 2.40. The Balaban J connectivity index is 2.27. The zero-order chi connectivity index (χ0) is 15.6. The van der Waals surface area contributed by atoms with Gasteiger partial charge in [0, 0.05) is 21.2 Å². The number of thiocarbonyl (C=S) groups is 1. The molecule has 0 unspecified atom stereocenters. The van der Waals surface area contributed by atoms with Crippen molar-refractivity contribution in [3.63, 3.8) is 0 Å². The molecular weight excluding hydrogens is 325 g/mol. The van der Waals surface area contributed by atoms with Gasteiger partial charge in [0.1, 0.15) is 17.3 Å². The first-order valence-corrected chi connectivity index (χ1v) is 7.53. The highest BCUT2D eigenvalue weighted by Gasteiger charge is 2.11. The molecule has 2 rings (SSSR count). The van der Waals surface area contributed by atoms with E-state index < -0.39 is 0 Å². The highest BCUT2D eigenvalue weighted by molar-refractivity contribution is 7.80. The van der Waals surface area contributed by atoms with Crippen LogP contribution in [0.3, 0.4) is 0 Å². The van der Waals surface area contributed by atoms with Gasteiger partial charge in [-0.25, -0.2) is 0 Å². The maximum Gasteiger partial charge on any atom is 0.125 e. The van der Waals surface area contributed by atoms with Gasteiger partial charge in [-0.15, -0.1) is 0 Å². The molecule has 0 amide bonds. The van der Waals surface area contributed by atoms with Crippen molar-refractivity contribution in [3.8, 4) is 5.75 Å². The Morgan fingerprint density at radius 3 is 2.14 bits per heavy atom. The van der Waals surface area contributed by atoms with Crippen molar-refractivity contribution in [1.29, 1.82) is 0 Å². The second kappa shape index (κ2) is 6.65. The Kier molecular flexibility index (Phi) is 5.09. The smallest absolute Gasteiger partial charge is 0.125 e. The van der Waals surface area contributed by atoms with Crippen LogP contribution in [0.4, 0.5) is 0 Å². The lowest BCUT2D eigenvalue weighted by Crippen LogP contribution is -2.10. The Bertz CT molecular complexity index is 657. The number of ether oxygens (including phenoxy) is 1. The van der Waals surface area contributed by atoms with Gasteiger partial charge in [-0.05, 0) is 49.2 Å². The van der Waals surface area contributed by atoms with Crippen LogP contribution >= 0.6 is 35.4 Å². The monoisotopic (exact) mass is 339 g/mol. The lowest BCUT2D eigenvalue weighted by molar-refractivity contribution is 0.302. The molecule has 0 aliphatic carbocycles. The van der Waals surface area contributed by atoms with Gasteiger partial charge >= 0.3 is 0 Å². The second-order valence-corrected chi connectivity index (χ2v) is 6.05. The van der Waals surface area contributed by atoms with E-state index in [9.17, 15) is 0 Å². The number of nitrogens with two attached hydrogens (primary N) is 1. The molecule has 2 aromatic carbocycles. The molecule has 0 aromatic heterocycles. The Labute approximate surface area is 139 Å². The van der Waals surface area contributed by atoms with E-state index in [0.717, 1.165) is 28.0 Å². The molecule has 2 nitrogen and oxygen atoms in total. The maximum atomic E-state index is 6.14. The van der Waals surface area contributed by atoms with Gasteiger partial charge in [0.2, 0.25) is 0 Å². The SMILES string of the molecule is Cc1cc(C(N)=S)cc(C)c1OCc1c(Cl)cccc1Cl. The first kappa shape index (κ1) is 16.1. The Morgan fingerprint density at radius 2 is 1.67 bits per heavy atom. The molecule has 0 spiro atoms. The van der Waals surface area contributed by atoms with Crippen LogP contribution < -0.4 is 10.5 Å². The maximum absolute atomic E-state index is 6.14. The van der Waals surface area contributed by atoms with Gasteiger partial charge in [0.05, 0.1) is 0 Å². The second-order valence-electron chi connectivity index (χ2n) is 4.79. The molecule has 0 aliphatic heterocycles. The third kappa shape index (κ3) is 3.67. The molecular formula is C16H15Cl2NOS. The van der Waals surface area contributed by atoms with E-state index in [2.05, 4.69) is 0 Å². The summed E-state index contributed by atoms with van der Waals surface area (Å²) < 4.78 is 5.90. The quantitative estimate of drug-likeness (QED) is 0.810. The molecule has 2 N–H and O–H groups in total. The van der Waals surface area contributed by atoms with Crippen LogP contribution in [0.25, 0.3) is 0 Å². The molecule has 0 saturated carbocycles. The molecule has 0 radical (unpaired) electrons. The highest BCUT2D eigenvalue weighted by atomic mass is 35.5. The van der Waals surface area contributed by atoms with E-state index in [1.54, 1.807) is 12.1 Å². The zero-order valence-electron chi connectivity index (χ0n) is 11.7. The number of rotatable bonds is 4. The summed E-state index contributed by atoms with van der Waals surface area (Å²) in [6.07, 6.45) is 0. The minimum Gasteiger partial charge on any atom is -0.488 e. The fourth-order valence-electron chi connectivity index (χ4n) is 2.13. The summed E-state index contributed by atoms with van der Waals surface area (Å²) in [5.41, 5.74) is 9.22. The van der Waals surface area contributed by atoms with Gasteiger partial charge in [0.15, 0.2) is 0 Å². The molecule has 0 aliphatic rings. The van der Waals surface area contributed by atoms with Crippen LogP contribution in [0.1, 0.15) is 22.3 Å². The number of benzene rings is 2. The Morgan fingerprint density at radius 1 is 1.14 bits per heavy atom. The summed E-state index contributed by atoms with van der Waals surface area (Å²) in [6.45, 7) is 4.23. The Hall–Kier alpha value is -1.29. The van der Waals surface area contributed by atoms with Crippen molar-refractivity contribution in [2.24, 2.45) is 5.73 Å². The predicted molar refractivity (Wildman–Crippen MR) is 92.6 cm³/mol. The number of hydrogen-bond donors (Lipinski definition) is 1. The van der Waals surface area contributed by atoms with Crippen LogP contribution in [-0.2, 0) is 6.61 Å². The largest absolute Gasteiger partial charge is 0.488 e. The summed E-state index contributed by atoms with van der Waals surface area (Å²) in [4.78, 5) is 0.377. The van der Waals surface area contributed by atoms with Gasteiger partial charge in [0.25, 0.3) is 0 Å². The summed E-state index contributed by atoms with van der Waals surface area (Å²) in [5, 5.41) is 1.19. The van der Waals surface area contributed by atoms with Crippen molar-refractivity contribution >= 4 is 40.4 Å². The van der Waals surface area contributed by atoms with Crippen molar-refractivity contribution in [3.05, 3.63) is 62.6 Å². The molecule has 0 atom stereocenters. The van der Waals surface area contributed by atoms with Gasteiger partial charge in [-0.1, -0.05) is 41.5 Å². The minimum absolute atomic E-state index is 0.312. The van der Waals surface area contributed by atoms with E-state index in [1.807, 2.05) is 32.0 Å². The average molecular weight is 340 g/mol. The molecule has 5 heteroatoms. The number of hydrogen-bond acceptors (Lipinski definition) is 2. The predicted octanol–water partition coefficient (Wildman–Crippen LogP) is 4.82. The summed E-state index contributed by atoms with van der Waals surface area (Å²) in [7, 11) is 0. The number of halogens is 2. The van der Waals surface area contributed by atoms with Crippen molar-refractivity contribution in [2.75, 3.05) is 0 Å². The minimum atomic E-state index is 0.312. The lowest BCUT2D eigenvalue weighted by atomic mass is 10.1. The fourth-order valence-corrected chi connectivity index (χ4v) is 2.76. The molecule has 21 heavy (non-hydrogen) atoms. The van der Waals surface area contributed by atoms with E-state index >= 15 is 0 Å². The van der Waals surface area contributed by atoms with Crippen molar-refractivity contribution < 1.29 is 4.74 Å². The standard InChI is InChI=1S/C16H15Cl2NOS/c1-9-6-11(16(19)21)7-10(2)15(9)20-8-12-13(17)4-3-5-14(12)18/h3-7H,8H2,1-2H3,(H2,19,21). The third-order valence-corrected chi connectivity index (χ3v) is 4.11. The van der Waals surface area contributed by atoms with Gasteiger partial charge < -0.3 is 10.5 Å². The zero-order valence-corrected chi connectivity index (χ0v) is 14.1. The normalized spacial score (nSPS) is 10.5. The molecule has 0 fully saturated rings. The van der Waals surface area contributed by atoms with E-state index in [4.69, 9.17) is 45.9 Å². The molecule has 0 bridgehead atoms. The lowest BCUT2D eigenvalue weighted by Gasteiger charge is -2.15. The molecule has 0 heterocycles. The first-order valence-electron chi connectivity index (χ1n) is 6.37. The van der Waals surface area contributed by atoms with Crippen LogP contribution in [0, 0.1) is 13.8 Å². The van der Waals surface area contributed by atoms with Crippen LogP contribution in [0.2, 0.25) is 10.0 Å². The number of aryl methyl sites for hydroxylation is 2. The third-order valence-electron chi connectivity index (χ3n) is 3.17. The van der Waals surface area contributed by atoms with E-state index in [0.29, 0.717) is 21.6 Å². The van der Waals surface area contributed by atoms with Crippen LogP contribution in [0.15, 0.2) is 30.3 Å². The summed E-state index contributed by atoms with van der Waals surface area (Å²) in [6, 6.07) is 9.23. The van der Waals surface area contributed by atoms with Crippen LogP contribution in [0.5, 0.6) is 5.75 Å². The van der Waals surface area contributed by atoms with Crippen LogP contribution in [-0.4, -0.2) is 4.99 Å². The van der Waals surface area contributed by atoms with Crippen molar-refractivity contribution in [1.82, 2.24) is 0 Å². The molecule has 110 valence electrons. The first-order chi connectivity index (χ1) is 9.90. The van der Waals surface area contributed by atoms with Gasteiger partial charge in [-0.3, -0.25) is 0 Å². The van der Waals surface area contributed by atoms with E-state index in [-0.39, 0.29) is 0 Å². The van der Waals surface area contributed by atoms with E-state index in [1.165, 1.54) is 0 Å². The molecule has 2 aromatic rings. The highest BCUT2D eigenvalue weighted by Crippen LogP contribution is 2.29. The summed E-state index contributed by atoms with van der Waals surface area (Å²) >= 11 is 17.3. The van der Waals surface area contributed by atoms with Crippen molar-refractivity contribution in [2.45, 2.75) is 20.5 Å². The fraction of sp³-hybridized carbons (Fsp3) is 0.188.